The molecule has 0 aliphatic heterocycles. The molecule has 0 radical (unpaired) electrons. The molecule has 1 unspecified atom stereocenters. The van der Waals surface area contributed by atoms with Crippen LogP contribution in [0.3, 0.4) is 0 Å². The van der Waals surface area contributed by atoms with Gasteiger partial charge in [0.1, 0.15) is 19.8 Å². The number of allylic oxidation sites excluding steroid dienone is 16. The van der Waals surface area contributed by atoms with Gasteiger partial charge in [-0.3, -0.25) is 18.6 Å². The predicted octanol–water partition coefficient (Wildman–Crippen LogP) is 12.6. The zero-order chi connectivity index (χ0) is 42.8. The van der Waals surface area contributed by atoms with Crippen molar-refractivity contribution in [2.24, 2.45) is 0 Å². The maximum Gasteiger partial charge on any atom is 0.472 e. The molecular weight excluding hydrogens is 750 g/mol. The van der Waals surface area contributed by atoms with E-state index in [1.165, 1.54) is 25.7 Å². The van der Waals surface area contributed by atoms with Crippen molar-refractivity contribution >= 4 is 19.8 Å². The summed E-state index contributed by atoms with van der Waals surface area (Å²) in [6.07, 6.45) is 51.9. The van der Waals surface area contributed by atoms with Gasteiger partial charge in [0.15, 0.2) is 6.10 Å². The molecule has 0 aliphatic carbocycles. The number of hydrogen-bond acceptors (Lipinski definition) is 7. The van der Waals surface area contributed by atoms with Crippen LogP contribution in [-0.2, 0) is 32.7 Å². The van der Waals surface area contributed by atoms with E-state index >= 15 is 0 Å². The number of likely N-dealkylation sites (N-methyl/N-ethyl adjacent to an activating group) is 1. The van der Waals surface area contributed by atoms with Gasteiger partial charge in [0, 0.05) is 12.8 Å². The van der Waals surface area contributed by atoms with Gasteiger partial charge in [-0.1, -0.05) is 143 Å². The van der Waals surface area contributed by atoms with Gasteiger partial charge in [0.2, 0.25) is 0 Å². The first kappa shape index (κ1) is 54.9. The fourth-order valence-corrected chi connectivity index (χ4v) is 5.93. The van der Waals surface area contributed by atoms with Gasteiger partial charge >= 0.3 is 19.8 Å². The molecule has 2 atom stereocenters. The zero-order valence-electron chi connectivity index (χ0n) is 37.0. The van der Waals surface area contributed by atoms with Crippen molar-refractivity contribution in [1.82, 2.24) is 0 Å². The Bertz CT molecular complexity index is 1300. The molecule has 0 bridgehead atoms. The maximum atomic E-state index is 12.7. The van der Waals surface area contributed by atoms with E-state index in [9.17, 15) is 19.0 Å². The summed E-state index contributed by atoms with van der Waals surface area (Å²) < 4.78 is 34.2. The number of phosphoric acid groups is 1. The Morgan fingerprint density at radius 3 is 1.53 bits per heavy atom. The number of quaternary nitrogens is 1. The van der Waals surface area contributed by atoms with Crippen LogP contribution in [0.15, 0.2) is 97.2 Å². The van der Waals surface area contributed by atoms with Crippen molar-refractivity contribution in [3.63, 3.8) is 0 Å². The lowest BCUT2D eigenvalue weighted by Gasteiger charge is -2.24. The number of rotatable bonds is 38. The summed E-state index contributed by atoms with van der Waals surface area (Å²) in [5, 5.41) is 0. The summed E-state index contributed by atoms with van der Waals surface area (Å²) in [7, 11) is 1.40. The summed E-state index contributed by atoms with van der Waals surface area (Å²) in [4.78, 5) is 35.3. The van der Waals surface area contributed by atoms with Crippen molar-refractivity contribution in [2.45, 2.75) is 148 Å². The second-order valence-electron chi connectivity index (χ2n) is 15.3. The molecule has 0 aromatic heterocycles. The SMILES string of the molecule is CC/C=C\C/C=C\C/C=C\CCCCCCCC(=O)OC[C@H](COP(=O)(O)OCC[N+](C)(C)C)OC(=O)CC/C=C\C/C=C\C/C=C\C/C=C\C/C=C\CCCCC. The Kier molecular flexibility index (Phi) is 37.3. The van der Waals surface area contributed by atoms with Gasteiger partial charge in [-0.25, -0.2) is 4.57 Å². The Labute approximate surface area is 353 Å². The van der Waals surface area contributed by atoms with E-state index in [0.717, 1.165) is 77.0 Å². The lowest BCUT2D eigenvalue weighted by molar-refractivity contribution is -0.870. The topological polar surface area (TPSA) is 108 Å². The van der Waals surface area contributed by atoms with Gasteiger partial charge in [0.05, 0.1) is 27.7 Å². The molecule has 1 N–H and O–H groups in total. The van der Waals surface area contributed by atoms with Crippen molar-refractivity contribution in [3.8, 4) is 0 Å². The quantitative estimate of drug-likeness (QED) is 0.0215. The fraction of sp³-hybridized carbons (Fsp3) is 0.625. The highest BCUT2D eigenvalue weighted by molar-refractivity contribution is 7.47. The molecular formula is C48H81NO8P+. The normalized spacial score (nSPS) is 14.5. The van der Waals surface area contributed by atoms with Crippen LogP contribution in [0.5, 0.6) is 0 Å². The van der Waals surface area contributed by atoms with E-state index in [2.05, 4.69) is 98.9 Å². The molecule has 0 aromatic rings. The monoisotopic (exact) mass is 831 g/mol. The summed E-state index contributed by atoms with van der Waals surface area (Å²) in [6, 6.07) is 0. The first-order valence-electron chi connectivity index (χ1n) is 22.0. The highest BCUT2D eigenvalue weighted by atomic mass is 31.2. The third kappa shape index (κ3) is 42.5. The summed E-state index contributed by atoms with van der Waals surface area (Å²) in [5.41, 5.74) is 0. The summed E-state index contributed by atoms with van der Waals surface area (Å²) >= 11 is 0. The van der Waals surface area contributed by atoms with Crippen LogP contribution in [0.2, 0.25) is 0 Å². The number of nitrogens with zero attached hydrogens (tertiary/aromatic N) is 1. The number of ether oxygens (including phenoxy) is 2. The van der Waals surface area contributed by atoms with Crippen LogP contribution in [0.1, 0.15) is 142 Å². The first-order chi connectivity index (χ1) is 28.0. The van der Waals surface area contributed by atoms with E-state index < -0.39 is 32.5 Å². The molecule has 10 heteroatoms. The molecule has 0 aliphatic rings. The number of phosphoric ester groups is 1. The van der Waals surface area contributed by atoms with Gasteiger partial charge in [-0.2, -0.15) is 0 Å². The Balaban J connectivity index is 4.54. The van der Waals surface area contributed by atoms with Crippen LogP contribution in [-0.4, -0.2) is 74.9 Å². The van der Waals surface area contributed by atoms with Crippen molar-refractivity contribution in [3.05, 3.63) is 97.2 Å². The number of unbranched alkanes of at least 4 members (excludes halogenated alkanes) is 8. The lowest BCUT2D eigenvalue weighted by Crippen LogP contribution is -2.37. The van der Waals surface area contributed by atoms with Gasteiger partial charge in [-0.05, 0) is 83.5 Å². The molecule has 9 nitrogen and oxygen atoms in total. The largest absolute Gasteiger partial charge is 0.472 e. The maximum absolute atomic E-state index is 12.7. The number of esters is 2. The molecule has 0 amide bonds. The first-order valence-corrected chi connectivity index (χ1v) is 23.5. The minimum Gasteiger partial charge on any atom is -0.462 e. The second-order valence-corrected chi connectivity index (χ2v) is 16.8. The van der Waals surface area contributed by atoms with Crippen LogP contribution in [0, 0.1) is 0 Å². The minimum absolute atomic E-state index is 0.00976. The molecule has 0 heterocycles. The van der Waals surface area contributed by atoms with Crippen LogP contribution < -0.4 is 0 Å². The molecule has 0 saturated carbocycles. The van der Waals surface area contributed by atoms with E-state index in [1.54, 1.807) is 0 Å². The standard InChI is InChI=1S/C48H80NO8P/c1-6-8-10-12-14-16-18-20-22-23-24-25-27-29-31-33-35-37-39-41-48(51)57-46(45-56-58(52,53)55-43-42-49(3,4)5)44-54-47(50)40-38-36-34-32-30-28-26-21-19-17-15-13-11-9-7-2/h9,11,14-17,20-22,24-26,29,31,35,37,46H,6-8,10,12-13,18-19,23,27-28,30,32-34,36,38-45H2,1-5H3/p+1/b11-9-,16-14-,17-15-,22-20-,25-24-,26-21-,31-29-,37-35-/t46-/m1/s1. The van der Waals surface area contributed by atoms with Gasteiger partial charge in [-0.15, -0.1) is 0 Å². The molecule has 0 rings (SSSR count). The smallest absolute Gasteiger partial charge is 0.462 e. The third-order valence-corrected chi connectivity index (χ3v) is 9.60. The average molecular weight is 831 g/mol. The Morgan fingerprint density at radius 2 is 1.02 bits per heavy atom. The molecule has 0 aromatic carbocycles. The fourth-order valence-electron chi connectivity index (χ4n) is 5.19. The third-order valence-electron chi connectivity index (χ3n) is 8.61. The van der Waals surface area contributed by atoms with Crippen molar-refractivity contribution in [2.75, 3.05) is 47.5 Å². The van der Waals surface area contributed by atoms with Crippen LogP contribution >= 0.6 is 7.82 Å². The van der Waals surface area contributed by atoms with Crippen molar-refractivity contribution in [1.29, 1.82) is 0 Å². The Morgan fingerprint density at radius 1 is 0.552 bits per heavy atom. The average Bonchev–Trinajstić information content (AvgIpc) is 3.17. The molecule has 0 fully saturated rings. The van der Waals surface area contributed by atoms with E-state index in [4.69, 9.17) is 18.5 Å². The molecule has 0 spiro atoms. The van der Waals surface area contributed by atoms with Crippen molar-refractivity contribution < 1.29 is 42.1 Å². The summed E-state index contributed by atoms with van der Waals surface area (Å²) in [6.45, 7) is 4.14. The molecule has 0 saturated heterocycles. The number of carbonyl (C=O) groups is 2. The Hall–Kier alpha value is -3.07. The highest BCUT2D eigenvalue weighted by Crippen LogP contribution is 2.43. The molecule has 58 heavy (non-hydrogen) atoms. The highest BCUT2D eigenvalue weighted by Gasteiger charge is 2.27. The minimum atomic E-state index is -4.41. The van der Waals surface area contributed by atoms with E-state index in [1.807, 2.05) is 33.3 Å². The van der Waals surface area contributed by atoms with E-state index in [-0.39, 0.29) is 26.1 Å². The zero-order valence-corrected chi connectivity index (χ0v) is 37.9. The van der Waals surface area contributed by atoms with Crippen LogP contribution in [0.4, 0.5) is 0 Å². The lowest BCUT2D eigenvalue weighted by atomic mass is 10.1. The second kappa shape index (κ2) is 39.4. The van der Waals surface area contributed by atoms with Crippen LogP contribution in [0.25, 0.3) is 0 Å². The number of hydrogen-bond donors (Lipinski definition) is 1. The summed E-state index contributed by atoms with van der Waals surface area (Å²) in [5.74, 6) is -0.926. The number of carbonyl (C=O) groups excluding carboxylic acids is 2. The van der Waals surface area contributed by atoms with Gasteiger partial charge < -0.3 is 18.9 Å². The molecule has 330 valence electrons. The van der Waals surface area contributed by atoms with Gasteiger partial charge in [0.25, 0.3) is 0 Å². The van der Waals surface area contributed by atoms with E-state index in [0.29, 0.717) is 23.9 Å². The predicted molar refractivity (Wildman–Crippen MR) is 242 cm³/mol.